The molecule has 0 radical (unpaired) electrons. The average molecular weight is 344 g/mol. The van der Waals surface area contributed by atoms with Gasteiger partial charge < -0.3 is 10.6 Å². The molecular formula is C21H33N3O. The Hall–Kier alpha value is -1.39. The molecule has 0 bridgehead atoms. The average Bonchev–Trinajstić information content (AvgIpc) is 3.14. The lowest BCUT2D eigenvalue weighted by atomic mass is 9.97. The molecular weight excluding hydrogens is 310 g/mol. The Bertz CT molecular complexity index is 560. The summed E-state index contributed by atoms with van der Waals surface area (Å²) < 4.78 is 0. The third-order valence-corrected chi connectivity index (χ3v) is 5.88. The van der Waals surface area contributed by atoms with E-state index < -0.39 is 0 Å². The number of hydrogen-bond donors (Lipinski definition) is 2. The second kappa shape index (κ2) is 8.33. The van der Waals surface area contributed by atoms with Gasteiger partial charge in [0, 0.05) is 25.7 Å². The number of rotatable bonds is 7. The summed E-state index contributed by atoms with van der Waals surface area (Å²) in [5.41, 5.74) is 1.38. The Morgan fingerprint density at radius 1 is 1.20 bits per heavy atom. The number of carbonyl (C=O) groups is 1. The minimum atomic E-state index is -0.0686. The SMILES string of the molecule is CNC(CC(C)C)C(=O)N[C@H]1CC[C@@H]2CN(Cc3ccccc3)C[C@@H]21. The molecule has 1 aromatic carbocycles. The van der Waals surface area contributed by atoms with Crippen LogP contribution in [0.4, 0.5) is 0 Å². The molecule has 4 heteroatoms. The van der Waals surface area contributed by atoms with Crippen LogP contribution in [-0.2, 0) is 11.3 Å². The number of carbonyl (C=O) groups excluding carboxylic acids is 1. The van der Waals surface area contributed by atoms with E-state index in [9.17, 15) is 4.79 Å². The van der Waals surface area contributed by atoms with Gasteiger partial charge in [0.25, 0.3) is 0 Å². The lowest BCUT2D eigenvalue weighted by Gasteiger charge is -2.25. The molecule has 2 N–H and O–H groups in total. The van der Waals surface area contributed by atoms with Gasteiger partial charge in [-0.25, -0.2) is 0 Å². The molecule has 4 nitrogen and oxygen atoms in total. The first-order chi connectivity index (χ1) is 12.1. The van der Waals surface area contributed by atoms with Crippen molar-refractivity contribution in [3.05, 3.63) is 35.9 Å². The summed E-state index contributed by atoms with van der Waals surface area (Å²) in [5, 5.41) is 6.55. The molecule has 138 valence electrons. The van der Waals surface area contributed by atoms with Crippen molar-refractivity contribution in [2.75, 3.05) is 20.1 Å². The van der Waals surface area contributed by atoms with E-state index in [1.165, 1.54) is 18.5 Å². The van der Waals surface area contributed by atoms with Crippen LogP contribution < -0.4 is 10.6 Å². The second-order valence-electron chi connectivity index (χ2n) is 8.27. The van der Waals surface area contributed by atoms with Gasteiger partial charge in [0.2, 0.25) is 5.91 Å². The third kappa shape index (κ3) is 4.62. The van der Waals surface area contributed by atoms with E-state index in [0.717, 1.165) is 31.8 Å². The van der Waals surface area contributed by atoms with Gasteiger partial charge in [0.15, 0.2) is 0 Å². The molecule has 0 aromatic heterocycles. The highest BCUT2D eigenvalue weighted by atomic mass is 16.2. The Kier molecular flexibility index (Phi) is 6.13. The van der Waals surface area contributed by atoms with Crippen LogP contribution in [0.15, 0.2) is 30.3 Å². The zero-order valence-corrected chi connectivity index (χ0v) is 15.9. The molecule has 2 aliphatic rings. The monoisotopic (exact) mass is 343 g/mol. The van der Waals surface area contributed by atoms with Crippen LogP contribution in [0, 0.1) is 17.8 Å². The van der Waals surface area contributed by atoms with E-state index >= 15 is 0 Å². The molecule has 1 aliphatic carbocycles. The van der Waals surface area contributed by atoms with Gasteiger partial charge in [-0.15, -0.1) is 0 Å². The molecule has 1 saturated heterocycles. The minimum Gasteiger partial charge on any atom is -0.352 e. The second-order valence-corrected chi connectivity index (χ2v) is 8.27. The first-order valence-electron chi connectivity index (χ1n) is 9.80. The van der Waals surface area contributed by atoms with E-state index in [2.05, 4.69) is 59.7 Å². The molecule has 0 spiro atoms. The van der Waals surface area contributed by atoms with Crippen LogP contribution in [0.1, 0.15) is 38.7 Å². The van der Waals surface area contributed by atoms with Crippen molar-refractivity contribution < 1.29 is 4.79 Å². The zero-order valence-electron chi connectivity index (χ0n) is 15.9. The first kappa shape index (κ1) is 18.4. The molecule has 2 fully saturated rings. The number of likely N-dealkylation sites (N-methyl/N-ethyl adjacent to an activating group) is 1. The van der Waals surface area contributed by atoms with E-state index in [1.807, 2.05) is 7.05 Å². The van der Waals surface area contributed by atoms with Gasteiger partial charge in [-0.05, 0) is 49.6 Å². The van der Waals surface area contributed by atoms with Crippen LogP contribution >= 0.6 is 0 Å². The summed E-state index contributed by atoms with van der Waals surface area (Å²) in [7, 11) is 1.89. The van der Waals surface area contributed by atoms with Crippen molar-refractivity contribution in [3.8, 4) is 0 Å². The Morgan fingerprint density at radius 3 is 2.64 bits per heavy atom. The number of nitrogens with zero attached hydrogens (tertiary/aromatic N) is 1. The summed E-state index contributed by atoms with van der Waals surface area (Å²) >= 11 is 0. The topological polar surface area (TPSA) is 44.4 Å². The number of benzene rings is 1. The highest BCUT2D eigenvalue weighted by molar-refractivity contribution is 5.82. The zero-order chi connectivity index (χ0) is 17.8. The first-order valence-corrected chi connectivity index (χ1v) is 9.80. The Balaban J connectivity index is 1.54. The predicted molar refractivity (Wildman–Crippen MR) is 102 cm³/mol. The van der Waals surface area contributed by atoms with Crippen LogP contribution in [0.5, 0.6) is 0 Å². The summed E-state index contributed by atoms with van der Waals surface area (Å²) in [6.07, 6.45) is 3.27. The van der Waals surface area contributed by atoms with Gasteiger partial charge in [0.05, 0.1) is 6.04 Å². The number of likely N-dealkylation sites (tertiary alicyclic amines) is 1. The third-order valence-electron chi connectivity index (χ3n) is 5.88. The molecule has 1 aliphatic heterocycles. The van der Waals surface area contributed by atoms with Crippen molar-refractivity contribution in [1.82, 2.24) is 15.5 Å². The minimum absolute atomic E-state index is 0.0686. The summed E-state index contributed by atoms with van der Waals surface area (Å²) in [6, 6.07) is 11.0. The fraction of sp³-hybridized carbons (Fsp3) is 0.667. The fourth-order valence-electron chi connectivity index (χ4n) is 4.62. The summed E-state index contributed by atoms with van der Waals surface area (Å²) in [5.74, 6) is 2.06. The predicted octanol–water partition coefficient (Wildman–Crippen LogP) is 2.65. The van der Waals surface area contributed by atoms with E-state index in [4.69, 9.17) is 0 Å². The van der Waals surface area contributed by atoms with Gasteiger partial charge in [0.1, 0.15) is 0 Å². The standard InChI is InChI=1S/C21H33N3O/c1-15(2)11-20(22-3)21(25)23-19-10-9-17-13-24(14-18(17)19)12-16-7-5-4-6-8-16/h4-8,15,17-20,22H,9-14H2,1-3H3,(H,23,25)/t17-,18+,19+,20?/m1/s1. The van der Waals surface area contributed by atoms with Crippen molar-refractivity contribution >= 4 is 5.91 Å². The molecule has 1 heterocycles. The van der Waals surface area contributed by atoms with E-state index in [0.29, 0.717) is 17.9 Å². The number of hydrogen-bond acceptors (Lipinski definition) is 3. The molecule has 1 saturated carbocycles. The number of fused-ring (bicyclic) bond motifs is 1. The molecule has 3 rings (SSSR count). The lowest BCUT2D eigenvalue weighted by molar-refractivity contribution is -0.124. The normalized spacial score (nSPS) is 27.4. The smallest absolute Gasteiger partial charge is 0.237 e. The molecule has 1 aromatic rings. The molecule has 1 unspecified atom stereocenters. The van der Waals surface area contributed by atoms with Gasteiger partial charge in [-0.3, -0.25) is 9.69 Å². The van der Waals surface area contributed by atoms with Gasteiger partial charge in [-0.1, -0.05) is 44.2 Å². The summed E-state index contributed by atoms with van der Waals surface area (Å²) in [6.45, 7) is 7.65. The molecule has 1 amide bonds. The van der Waals surface area contributed by atoms with Crippen molar-refractivity contribution in [2.24, 2.45) is 17.8 Å². The highest BCUT2D eigenvalue weighted by Crippen LogP contribution is 2.38. The van der Waals surface area contributed by atoms with Crippen molar-refractivity contribution in [1.29, 1.82) is 0 Å². The van der Waals surface area contributed by atoms with Crippen LogP contribution in [0.2, 0.25) is 0 Å². The van der Waals surface area contributed by atoms with Crippen molar-refractivity contribution in [3.63, 3.8) is 0 Å². The van der Waals surface area contributed by atoms with Crippen LogP contribution in [0.25, 0.3) is 0 Å². The molecule has 4 atom stereocenters. The van der Waals surface area contributed by atoms with E-state index in [1.54, 1.807) is 0 Å². The maximum absolute atomic E-state index is 12.6. The Labute approximate surface area is 152 Å². The summed E-state index contributed by atoms with van der Waals surface area (Å²) in [4.78, 5) is 15.2. The van der Waals surface area contributed by atoms with Crippen LogP contribution in [-0.4, -0.2) is 43.0 Å². The number of nitrogens with one attached hydrogen (secondary N) is 2. The quantitative estimate of drug-likeness (QED) is 0.800. The fourth-order valence-corrected chi connectivity index (χ4v) is 4.62. The largest absolute Gasteiger partial charge is 0.352 e. The maximum atomic E-state index is 12.6. The molecule has 25 heavy (non-hydrogen) atoms. The Morgan fingerprint density at radius 2 is 1.96 bits per heavy atom. The van der Waals surface area contributed by atoms with Gasteiger partial charge >= 0.3 is 0 Å². The highest BCUT2D eigenvalue weighted by Gasteiger charge is 2.43. The van der Waals surface area contributed by atoms with E-state index in [-0.39, 0.29) is 11.9 Å². The van der Waals surface area contributed by atoms with Crippen LogP contribution in [0.3, 0.4) is 0 Å². The van der Waals surface area contributed by atoms with Gasteiger partial charge in [-0.2, -0.15) is 0 Å². The number of amides is 1. The lowest BCUT2D eigenvalue weighted by Crippen LogP contribution is -2.49. The maximum Gasteiger partial charge on any atom is 0.237 e. The van der Waals surface area contributed by atoms with Crippen molar-refractivity contribution in [2.45, 2.75) is 51.7 Å².